The summed E-state index contributed by atoms with van der Waals surface area (Å²) in [6.07, 6.45) is 6.50. The van der Waals surface area contributed by atoms with Gasteiger partial charge in [0.15, 0.2) is 0 Å². The highest BCUT2D eigenvalue weighted by Crippen LogP contribution is 2.28. The van der Waals surface area contributed by atoms with Crippen molar-refractivity contribution in [1.82, 2.24) is 35.0 Å². The summed E-state index contributed by atoms with van der Waals surface area (Å²) in [6, 6.07) is 11.6. The Kier molecular flexibility index (Phi) is 8.72. The fourth-order valence-electron chi connectivity index (χ4n) is 4.89. The van der Waals surface area contributed by atoms with E-state index in [1.54, 1.807) is 33.5 Å². The van der Waals surface area contributed by atoms with E-state index in [9.17, 15) is 9.59 Å². The highest BCUT2D eigenvalue weighted by Gasteiger charge is 2.26. The number of piperidine rings is 2. The van der Waals surface area contributed by atoms with Gasteiger partial charge in [0.2, 0.25) is 11.0 Å². The summed E-state index contributed by atoms with van der Waals surface area (Å²) in [4.78, 5) is 33.7. The normalized spacial score (nSPS) is 18.6. The van der Waals surface area contributed by atoms with E-state index in [2.05, 4.69) is 37.6 Å². The van der Waals surface area contributed by atoms with Gasteiger partial charge in [-0.1, -0.05) is 30.3 Å². The van der Waals surface area contributed by atoms with Crippen LogP contribution in [0.2, 0.25) is 0 Å². The van der Waals surface area contributed by atoms with Crippen LogP contribution in [-0.4, -0.2) is 77.9 Å². The quantitative estimate of drug-likeness (QED) is 0.466. The summed E-state index contributed by atoms with van der Waals surface area (Å²) in [5.41, 5.74) is 2.32. The molecule has 2 saturated heterocycles. The van der Waals surface area contributed by atoms with E-state index in [4.69, 9.17) is 4.74 Å². The SMILES string of the molecule is CC1CCCCN1Cc1ccc(C(=O)Nc2ccc(OC(=O)N3CCC(Sc4nnnn4C)CC3)nc2)cc1. The Labute approximate surface area is 232 Å². The van der Waals surface area contributed by atoms with Crippen LogP contribution in [0.25, 0.3) is 0 Å². The fourth-order valence-corrected chi connectivity index (χ4v) is 5.90. The van der Waals surface area contributed by atoms with E-state index in [1.807, 2.05) is 31.3 Å². The van der Waals surface area contributed by atoms with Crippen LogP contribution in [0.3, 0.4) is 0 Å². The maximum absolute atomic E-state index is 12.7. The second kappa shape index (κ2) is 12.6. The summed E-state index contributed by atoms with van der Waals surface area (Å²) in [5.74, 6) is -0.0202. The lowest BCUT2D eigenvalue weighted by Gasteiger charge is -2.33. The van der Waals surface area contributed by atoms with Gasteiger partial charge in [-0.25, -0.2) is 14.5 Å². The van der Waals surface area contributed by atoms with E-state index < -0.39 is 6.09 Å². The Morgan fingerprint density at radius 1 is 1.05 bits per heavy atom. The average molecular weight is 551 g/mol. The molecule has 11 nitrogen and oxygen atoms in total. The summed E-state index contributed by atoms with van der Waals surface area (Å²) in [6.45, 7) is 5.50. The minimum Gasteiger partial charge on any atom is -0.391 e. The molecular formula is C27H34N8O3S. The maximum Gasteiger partial charge on any atom is 0.416 e. The van der Waals surface area contributed by atoms with Crippen LogP contribution in [-0.2, 0) is 13.6 Å². The van der Waals surface area contributed by atoms with Gasteiger partial charge in [-0.3, -0.25) is 9.69 Å². The predicted octanol–water partition coefficient (Wildman–Crippen LogP) is 3.99. The molecule has 1 N–H and O–H groups in total. The van der Waals surface area contributed by atoms with Crippen molar-refractivity contribution in [1.29, 1.82) is 0 Å². The van der Waals surface area contributed by atoms with Crippen molar-refractivity contribution >= 4 is 29.4 Å². The molecule has 0 saturated carbocycles. The molecule has 4 heterocycles. The Balaban J connectivity index is 1.07. The Morgan fingerprint density at radius 2 is 1.85 bits per heavy atom. The zero-order chi connectivity index (χ0) is 27.2. The highest BCUT2D eigenvalue weighted by atomic mass is 32.2. The van der Waals surface area contributed by atoms with Crippen LogP contribution in [0.1, 0.15) is 54.9 Å². The number of aryl methyl sites for hydroxylation is 1. The van der Waals surface area contributed by atoms with Crippen LogP contribution in [0.4, 0.5) is 10.5 Å². The number of pyridine rings is 1. The number of hydrogen-bond donors (Lipinski definition) is 1. The summed E-state index contributed by atoms with van der Waals surface area (Å²) < 4.78 is 7.11. The number of tetrazole rings is 1. The molecule has 2 aliphatic rings. The molecule has 0 spiro atoms. The Hall–Kier alpha value is -3.51. The van der Waals surface area contributed by atoms with E-state index in [1.165, 1.54) is 31.0 Å². The smallest absolute Gasteiger partial charge is 0.391 e. The summed E-state index contributed by atoms with van der Waals surface area (Å²) in [7, 11) is 1.81. The second-order valence-corrected chi connectivity index (χ2v) is 11.4. The van der Waals surface area contributed by atoms with Crippen molar-refractivity contribution in [3.05, 3.63) is 53.7 Å². The number of amides is 2. The van der Waals surface area contributed by atoms with Crippen molar-refractivity contribution in [2.24, 2.45) is 7.05 Å². The third-order valence-electron chi connectivity index (χ3n) is 7.28. The fraction of sp³-hybridized carbons (Fsp3) is 0.481. The number of carbonyl (C=O) groups is 2. The molecule has 0 bridgehead atoms. The lowest BCUT2D eigenvalue weighted by Crippen LogP contribution is -2.41. The topological polar surface area (TPSA) is 118 Å². The molecule has 1 atom stereocenters. The van der Waals surface area contributed by atoms with Crippen molar-refractivity contribution in [3.8, 4) is 5.88 Å². The molecule has 1 unspecified atom stereocenters. The molecule has 206 valence electrons. The van der Waals surface area contributed by atoms with Crippen LogP contribution in [0.15, 0.2) is 47.8 Å². The lowest BCUT2D eigenvalue weighted by molar-refractivity contribution is 0.102. The molecule has 0 radical (unpaired) electrons. The van der Waals surface area contributed by atoms with Gasteiger partial charge in [0.1, 0.15) is 0 Å². The van der Waals surface area contributed by atoms with E-state index in [0.29, 0.717) is 35.6 Å². The minimum absolute atomic E-state index is 0.191. The molecule has 0 aliphatic carbocycles. The predicted molar refractivity (Wildman–Crippen MR) is 148 cm³/mol. The van der Waals surface area contributed by atoms with Crippen LogP contribution in [0.5, 0.6) is 5.88 Å². The number of aromatic nitrogens is 5. The van der Waals surface area contributed by atoms with Crippen molar-refractivity contribution in [2.45, 2.75) is 62.0 Å². The molecule has 1 aromatic carbocycles. The van der Waals surface area contributed by atoms with Crippen molar-refractivity contribution in [2.75, 3.05) is 25.0 Å². The standard InChI is InChI=1S/C27H34N8O3S/c1-19-5-3-4-14-35(19)18-20-6-8-21(9-7-20)25(36)29-22-10-11-24(28-17-22)38-27(37)34-15-12-23(13-16-34)39-26-30-31-32-33(26)2/h6-11,17,19,23H,3-5,12-16,18H2,1-2H3,(H,29,36). The second-order valence-electron chi connectivity index (χ2n) is 10.1. The average Bonchev–Trinajstić information content (AvgIpc) is 3.35. The largest absolute Gasteiger partial charge is 0.416 e. The number of thioether (sulfide) groups is 1. The van der Waals surface area contributed by atoms with E-state index in [-0.39, 0.29) is 11.8 Å². The molecule has 2 fully saturated rings. The van der Waals surface area contributed by atoms with E-state index in [0.717, 1.165) is 31.1 Å². The Morgan fingerprint density at radius 3 is 2.51 bits per heavy atom. The monoisotopic (exact) mass is 550 g/mol. The number of benzene rings is 1. The third-order valence-corrected chi connectivity index (χ3v) is 8.64. The molecule has 2 amide bonds. The first-order chi connectivity index (χ1) is 18.9. The minimum atomic E-state index is -0.429. The van der Waals surface area contributed by atoms with Crippen LogP contribution < -0.4 is 10.1 Å². The molecule has 3 aromatic rings. The Bertz CT molecular complexity index is 1260. The lowest BCUT2D eigenvalue weighted by atomic mass is 10.0. The molecule has 2 aliphatic heterocycles. The highest BCUT2D eigenvalue weighted by molar-refractivity contribution is 7.99. The van der Waals surface area contributed by atoms with Gasteiger partial charge in [-0.2, -0.15) is 0 Å². The number of likely N-dealkylation sites (tertiary alicyclic amines) is 2. The number of ether oxygens (including phenoxy) is 1. The van der Waals surface area contributed by atoms with Gasteiger partial charge in [-0.15, -0.1) is 5.10 Å². The first-order valence-electron chi connectivity index (χ1n) is 13.4. The van der Waals surface area contributed by atoms with Gasteiger partial charge < -0.3 is 15.0 Å². The van der Waals surface area contributed by atoms with Crippen LogP contribution >= 0.6 is 11.8 Å². The molecule has 39 heavy (non-hydrogen) atoms. The summed E-state index contributed by atoms with van der Waals surface area (Å²) in [5, 5.41) is 15.5. The number of rotatable bonds is 7. The van der Waals surface area contributed by atoms with Gasteiger partial charge in [0, 0.05) is 49.6 Å². The molecule has 5 rings (SSSR count). The maximum atomic E-state index is 12.7. The number of carbonyl (C=O) groups excluding carboxylic acids is 2. The zero-order valence-corrected chi connectivity index (χ0v) is 23.1. The number of anilines is 1. The van der Waals surface area contributed by atoms with Gasteiger partial charge in [-0.05, 0) is 73.3 Å². The molecule has 12 heteroatoms. The van der Waals surface area contributed by atoms with Crippen LogP contribution in [0, 0.1) is 0 Å². The van der Waals surface area contributed by atoms with E-state index >= 15 is 0 Å². The first-order valence-corrected chi connectivity index (χ1v) is 14.3. The number of nitrogens with zero attached hydrogens (tertiary/aromatic N) is 7. The first kappa shape index (κ1) is 27.1. The van der Waals surface area contributed by atoms with Gasteiger partial charge >= 0.3 is 6.09 Å². The number of nitrogens with one attached hydrogen (secondary N) is 1. The molecule has 2 aromatic heterocycles. The van der Waals surface area contributed by atoms with Crippen molar-refractivity contribution in [3.63, 3.8) is 0 Å². The zero-order valence-electron chi connectivity index (χ0n) is 22.3. The van der Waals surface area contributed by atoms with Gasteiger partial charge in [0.25, 0.3) is 5.91 Å². The summed E-state index contributed by atoms with van der Waals surface area (Å²) >= 11 is 1.63. The van der Waals surface area contributed by atoms with Crippen molar-refractivity contribution < 1.29 is 14.3 Å². The van der Waals surface area contributed by atoms with Gasteiger partial charge in [0.05, 0.1) is 11.9 Å². The number of hydrogen-bond acceptors (Lipinski definition) is 9. The molecular weight excluding hydrogens is 516 g/mol. The third kappa shape index (κ3) is 7.12.